The molecule has 0 amide bonds. The predicted octanol–water partition coefficient (Wildman–Crippen LogP) is 4.98. The van der Waals surface area contributed by atoms with Gasteiger partial charge in [-0.2, -0.15) is 0 Å². The van der Waals surface area contributed by atoms with E-state index in [1.54, 1.807) is 26.2 Å². The largest absolute Gasteiger partial charge is 0.295 e. The van der Waals surface area contributed by atoms with E-state index in [0.29, 0.717) is 0 Å². The van der Waals surface area contributed by atoms with E-state index in [-0.39, 0.29) is 11.1 Å². The zero-order chi connectivity index (χ0) is 23.1. The highest BCUT2D eigenvalue weighted by molar-refractivity contribution is 7.99. The van der Waals surface area contributed by atoms with Gasteiger partial charge >= 0.3 is 0 Å². The van der Waals surface area contributed by atoms with E-state index in [2.05, 4.69) is 48.3 Å². The first-order valence-corrected chi connectivity index (χ1v) is 12.4. The van der Waals surface area contributed by atoms with Crippen LogP contribution in [0.1, 0.15) is 13.8 Å². The van der Waals surface area contributed by atoms with E-state index in [9.17, 15) is 9.59 Å². The highest BCUT2D eigenvalue weighted by Crippen LogP contribution is 2.23. The molecule has 0 fully saturated rings. The van der Waals surface area contributed by atoms with Crippen LogP contribution in [0.2, 0.25) is 0 Å². The molecule has 0 saturated carbocycles. The summed E-state index contributed by atoms with van der Waals surface area (Å²) in [6.45, 7) is 4.26. The summed E-state index contributed by atoms with van der Waals surface area (Å²) in [5, 5.41) is 6.02. The van der Waals surface area contributed by atoms with Gasteiger partial charge in [0.2, 0.25) is 0 Å². The molecule has 2 N–H and O–H groups in total. The maximum atomic E-state index is 11.3. The highest BCUT2D eigenvalue weighted by atomic mass is 32.2. The lowest BCUT2D eigenvalue weighted by atomic mass is 10.2. The monoisotopic (exact) mass is 468 g/mol. The van der Waals surface area contributed by atoms with Crippen molar-refractivity contribution in [3.8, 4) is 22.5 Å². The van der Waals surface area contributed by atoms with Crippen molar-refractivity contribution in [3.05, 3.63) is 81.4 Å². The lowest BCUT2D eigenvalue weighted by molar-refractivity contribution is 0.742. The lowest BCUT2D eigenvalue weighted by Crippen LogP contribution is -2.09. The zero-order valence-corrected chi connectivity index (χ0v) is 20.3. The van der Waals surface area contributed by atoms with Gasteiger partial charge in [0.15, 0.2) is 0 Å². The number of nitrogens with one attached hydrogen (secondary N) is 2. The van der Waals surface area contributed by atoms with Crippen molar-refractivity contribution in [3.63, 3.8) is 0 Å². The van der Waals surface area contributed by atoms with Crippen LogP contribution < -0.4 is 11.1 Å². The van der Waals surface area contributed by atoms with Crippen LogP contribution in [0.3, 0.4) is 0 Å². The van der Waals surface area contributed by atoms with Crippen molar-refractivity contribution in [2.24, 2.45) is 14.1 Å². The second kappa shape index (κ2) is 11.2. The summed E-state index contributed by atoms with van der Waals surface area (Å²) in [7, 11) is 3.43. The van der Waals surface area contributed by atoms with Crippen LogP contribution in [0, 0.1) is 0 Å². The second-order valence-electron chi connectivity index (χ2n) is 7.05. The third kappa shape index (κ3) is 6.11. The van der Waals surface area contributed by atoms with Gasteiger partial charge in [-0.3, -0.25) is 29.2 Å². The van der Waals surface area contributed by atoms with E-state index >= 15 is 0 Å². The maximum Gasteiger partial charge on any atom is 0.266 e. The van der Waals surface area contributed by atoms with Gasteiger partial charge < -0.3 is 0 Å². The summed E-state index contributed by atoms with van der Waals surface area (Å²) in [6.07, 6.45) is 0. The third-order valence-corrected chi connectivity index (χ3v) is 6.51. The van der Waals surface area contributed by atoms with E-state index in [0.717, 1.165) is 34.0 Å². The Labute approximate surface area is 196 Å². The van der Waals surface area contributed by atoms with Crippen LogP contribution in [-0.2, 0) is 14.1 Å². The lowest BCUT2D eigenvalue weighted by Gasteiger charge is -2.00. The minimum atomic E-state index is -0.0120. The zero-order valence-electron chi connectivity index (χ0n) is 18.7. The number of hydrogen-bond donors (Lipinski definition) is 2. The highest BCUT2D eigenvalue weighted by Gasteiger charge is 2.03. The molecular formula is C24H28N4O2S2. The summed E-state index contributed by atoms with van der Waals surface area (Å²) in [5.41, 5.74) is 3.78. The molecule has 2 heterocycles. The molecule has 2 aromatic heterocycles. The number of H-pyrrole nitrogens is 2. The topological polar surface area (TPSA) is 75.6 Å². The molecule has 4 rings (SSSR count). The van der Waals surface area contributed by atoms with Crippen molar-refractivity contribution >= 4 is 23.5 Å². The fraction of sp³-hybridized carbons (Fsp3) is 0.250. The van der Waals surface area contributed by atoms with Crippen LogP contribution in [-0.4, -0.2) is 31.1 Å². The Balaban J connectivity index is 0.000000181. The van der Waals surface area contributed by atoms with Crippen molar-refractivity contribution < 1.29 is 0 Å². The number of nitrogens with zero attached hydrogens (tertiary/aromatic N) is 2. The Morgan fingerprint density at radius 1 is 0.656 bits per heavy atom. The molecule has 2 aromatic carbocycles. The molecule has 4 aromatic rings. The summed E-state index contributed by atoms with van der Waals surface area (Å²) in [5.74, 6) is 2.14. The van der Waals surface area contributed by atoms with Crippen LogP contribution in [0.5, 0.6) is 0 Å². The molecule has 32 heavy (non-hydrogen) atoms. The van der Waals surface area contributed by atoms with Gasteiger partial charge in [0.05, 0.1) is 11.4 Å². The Hall–Kier alpha value is -2.84. The number of hydrogen-bond acceptors (Lipinski definition) is 4. The first-order chi connectivity index (χ1) is 15.4. The van der Waals surface area contributed by atoms with Crippen LogP contribution in [0.25, 0.3) is 22.5 Å². The van der Waals surface area contributed by atoms with E-state index in [1.165, 1.54) is 19.2 Å². The third-order valence-electron chi connectivity index (χ3n) is 4.73. The Morgan fingerprint density at radius 2 is 1.00 bits per heavy atom. The van der Waals surface area contributed by atoms with Gasteiger partial charge in [-0.05, 0) is 46.9 Å². The minimum Gasteiger partial charge on any atom is -0.295 e. The van der Waals surface area contributed by atoms with E-state index in [4.69, 9.17) is 0 Å². The number of aryl methyl sites for hydroxylation is 2. The molecule has 0 bridgehead atoms. The fourth-order valence-electron chi connectivity index (χ4n) is 3.07. The molecule has 168 valence electrons. The van der Waals surface area contributed by atoms with Crippen molar-refractivity contribution in [2.75, 3.05) is 11.5 Å². The van der Waals surface area contributed by atoms with Gasteiger partial charge in [0.25, 0.3) is 11.1 Å². The number of thioether (sulfide) groups is 2. The van der Waals surface area contributed by atoms with Gasteiger partial charge in [0, 0.05) is 36.0 Å². The SMILES string of the molecule is CCSc1ccc(-c2cc(=O)n(C)[nH]2)cc1.CCSc1ccc(-c2cc(=O)n(C)[nH]2)cc1. The van der Waals surface area contributed by atoms with Gasteiger partial charge in [0.1, 0.15) is 0 Å². The minimum absolute atomic E-state index is 0.0120. The molecule has 0 aliphatic heterocycles. The van der Waals surface area contributed by atoms with E-state index in [1.807, 2.05) is 47.8 Å². The van der Waals surface area contributed by atoms with Gasteiger partial charge in [-0.1, -0.05) is 38.1 Å². The quantitative estimate of drug-likeness (QED) is 0.391. The second-order valence-corrected chi connectivity index (χ2v) is 9.72. The molecule has 0 aliphatic rings. The predicted molar refractivity (Wildman–Crippen MR) is 136 cm³/mol. The van der Waals surface area contributed by atoms with E-state index < -0.39 is 0 Å². The van der Waals surface area contributed by atoms with Crippen LogP contribution in [0.4, 0.5) is 0 Å². The standard InChI is InChI=1S/2C12H14N2OS/c2*1-3-16-10-6-4-9(5-7-10)11-8-12(15)14(2)13-11/h2*4-8,13H,3H2,1-2H3. The van der Waals surface area contributed by atoms with Gasteiger partial charge in [-0.25, -0.2) is 0 Å². The molecule has 6 nitrogen and oxygen atoms in total. The summed E-state index contributed by atoms with van der Waals surface area (Å²) < 4.78 is 2.95. The molecule has 0 spiro atoms. The fourth-order valence-corrected chi connectivity index (χ4v) is 4.39. The Bertz CT molecular complexity index is 1150. The molecule has 8 heteroatoms. The van der Waals surface area contributed by atoms with Crippen molar-refractivity contribution in [1.29, 1.82) is 0 Å². The van der Waals surface area contributed by atoms with Crippen molar-refractivity contribution in [2.45, 2.75) is 23.6 Å². The van der Waals surface area contributed by atoms with Crippen LogP contribution >= 0.6 is 23.5 Å². The normalized spacial score (nSPS) is 10.6. The van der Waals surface area contributed by atoms with Crippen LogP contribution in [0.15, 0.2) is 80.0 Å². The van der Waals surface area contributed by atoms with Gasteiger partial charge in [-0.15, -0.1) is 23.5 Å². The molecular weight excluding hydrogens is 440 g/mol. The average Bonchev–Trinajstić information content (AvgIpc) is 3.31. The molecule has 0 saturated heterocycles. The summed E-state index contributed by atoms with van der Waals surface area (Å²) in [4.78, 5) is 25.1. The summed E-state index contributed by atoms with van der Waals surface area (Å²) >= 11 is 3.62. The first kappa shape index (κ1) is 23.8. The molecule has 0 unspecified atom stereocenters. The molecule has 0 atom stereocenters. The maximum absolute atomic E-state index is 11.3. The summed E-state index contributed by atoms with van der Waals surface area (Å²) in [6, 6.07) is 19.7. The average molecular weight is 469 g/mol. The number of rotatable bonds is 6. The van der Waals surface area contributed by atoms with Crippen molar-refractivity contribution in [1.82, 2.24) is 19.6 Å². The first-order valence-electron chi connectivity index (χ1n) is 10.4. The number of aromatic amines is 2. The Kier molecular flexibility index (Phi) is 8.30. The molecule has 0 aliphatic carbocycles. The number of benzene rings is 2. The Morgan fingerprint density at radius 3 is 1.25 bits per heavy atom. The smallest absolute Gasteiger partial charge is 0.266 e. The number of aromatic nitrogens is 4. The molecule has 0 radical (unpaired) electrons.